The summed E-state index contributed by atoms with van der Waals surface area (Å²) in [6.07, 6.45) is 0. The van der Waals surface area contributed by atoms with Crippen molar-refractivity contribution in [3.05, 3.63) is 71.0 Å². The Kier molecular flexibility index (Phi) is 5.90. The normalized spacial score (nSPS) is 16.3. The van der Waals surface area contributed by atoms with E-state index >= 15 is 0 Å². The van der Waals surface area contributed by atoms with Gasteiger partial charge in [-0.1, -0.05) is 12.1 Å². The smallest absolute Gasteiger partial charge is 0.254 e. The van der Waals surface area contributed by atoms with Crippen LogP contribution >= 0.6 is 0 Å². The highest BCUT2D eigenvalue weighted by atomic mass is 19.1. The van der Waals surface area contributed by atoms with Crippen molar-refractivity contribution < 1.29 is 22.7 Å². The quantitative estimate of drug-likeness (QED) is 0.887. The van der Waals surface area contributed by atoms with Crippen LogP contribution < -0.4 is 5.32 Å². The Hall–Kier alpha value is -2.38. The minimum absolute atomic E-state index is 0.202. The largest absolute Gasteiger partial charge is 0.379 e. The number of carbonyl (C=O) groups excluding carboxylic acids is 1. The topological polar surface area (TPSA) is 41.6 Å². The summed E-state index contributed by atoms with van der Waals surface area (Å²) >= 11 is 0. The highest BCUT2D eigenvalue weighted by Gasteiger charge is 2.24. The van der Waals surface area contributed by atoms with Crippen LogP contribution in [0.25, 0.3) is 0 Å². The minimum Gasteiger partial charge on any atom is -0.379 e. The number of ether oxygens (including phenoxy) is 1. The molecule has 2 aromatic carbocycles. The summed E-state index contributed by atoms with van der Waals surface area (Å²) in [5.41, 5.74) is 0.624. The van der Waals surface area contributed by atoms with E-state index in [4.69, 9.17) is 4.74 Å². The number of benzene rings is 2. The molecule has 1 amide bonds. The standard InChI is InChI=1S/C19H19F3N2O2/c20-14-3-1-13(2-4-14)18(24-7-9-26-10-8-24)12-23-19(25)16-6-5-15(21)11-17(16)22/h1-6,11,18H,7-10,12H2,(H,23,25)/t18-/m1/s1. The summed E-state index contributed by atoms with van der Waals surface area (Å²) in [6, 6.07) is 8.69. The Bertz CT molecular complexity index is 762. The van der Waals surface area contributed by atoms with Gasteiger partial charge in [0, 0.05) is 25.7 Å². The molecule has 0 unspecified atom stereocenters. The molecule has 4 nitrogen and oxygen atoms in total. The summed E-state index contributed by atoms with van der Waals surface area (Å²) in [6.45, 7) is 2.68. The Morgan fingerprint density at radius 3 is 2.35 bits per heavy atom. The van der Waals surface area contributed by atoms with E-state index in [0.29, 0.717) is 32.4 Å². The summed E-state index contributed by atoms with van der Waals surface area (Å²) in [7, 11) is 0. The third kappa shape index (κ3) is 4.42. The first kappa shape index (κ1) is 18.4. The van der Waals surface area contributed by atoms with Gasteiger partial charge in [-0.05, 0) is 29.8 Å². The van der Waals surface area contributed by atoms with Crippen molar-refractivity contribution in [2.45, 2.75) is 6.04 Å². The number of carbonyl (C=O) groups is 1. The number of nitrogens with one attached hydrogen (secondary N) is 1. The second-order valence-electron chi connectivity index (χ2n) is 6.05. The number of morpholine rings is 1. The number of amides is 1. The zero-order chi connectivity index (χ0) is 18.5. The highest BCUT2D eigenvalue weighted by Crippen LogP contribution is 2.22. The van der Waals surface area contributed by atoms with Crippen LogP contribution in [0, 0.1) is 17.5 Å². The van der Waals surface area contributed by atoms with Gasteiger partial charge in [0.25, 0.3) is 5.91 Å². The predicted octanol–water partition coefficient (Wildman–Crippen LogP) is 2.91. The zero-order valence-electron chi connectivity index (χ0n) is 14.1. The van der Waals surface area contributed by atoms with Crippen molar-refractivity contribution in [1.29, 1.82) is 0 Å². The molecular weight excluding hydrogens is 345 g/mol. The molecule has 0 bridgehead atoms. The van der Waals surface area contributed by atoms with E-state index in [1.807, 2.05) is 0 Å². The second-order valence-corrected chi connectivity index (χ2v) is 6.05. The average Bonchev–Trinajstić information content (AvgIpc) is 2.64. The molecule has 26 heavy (non-hydrogen) atoms. The first-order valence-corrected chi connectivity index (χ1v) is 8.35. The van der Waals surface area contributed by atoms with E-state index < -0.39 is 17.5 Å². The van der Waals surface area contributed by atoms with Gasteiger partial charge in [0.1, 0.15) is 17.5 Å². The molecule has 0 aliphatic carbocycles. The Labute approximate surface area is 149 Å². The van der Waals surface area contributed by atoms with Gasteiger partial charge in [-0.3, -0.25) is 9.69 Å². The van der Waals surface area contributed by atoms with Crippen LogP contribution in [0.15, 0.2) is 42.5 Å². The molecule has 0 radical (unpaired) electrons. The SMILES string of the molecule is O=C(NC[C@H](c1ccc(F)cc1)N1CCOCC1)c1ccc(F)cc1F. The molecule has 1 atom stereocenters. The van der Waals surface area contributed by atoms with Crippen LogP contribution in [-0.2, 0) is 4.74 Å². The molecule has 7 heteroatoms. The highest BCUT2D eigenvalue weighted by molar-refractivity contribution is 5.94. The van der Waals surface area contributed by atoms with Gasteiger partial charge < -0.3 is 10.1 Å². The predicted molar refractivity (Wildman–Crippen MR) is 90.2 cm³/mol. The molecule has 138 valence electrons. The Balaban J connectivity index is 1.74. The number of halogens is 3. The maximum absolute atomic E-state index is 13.8. The van der Waals surface area contributed by atoms with Crippen LogP contribution in [0.3, 0.4) is 0 Å². The van der Waals surface area contributed by atoms with Gasteiger partial charge in [0.15, 0.2) is 0 Å². The van der Waals surface area contributed by atoms with Gasteiger partial charge in [0.05, 0.1) is 24.8 Å². The third-order valence-electron chi connectivity index (χ3n) is 4.37. The van der Waals surface area contributed by atoms with Crippen molar-refractivity contribution in [1.82, 2.24) is 10.2 Å². The molecule has 1 aliphatic rings. The number of rotatable bonds is 5. The average molecular weight is 364 g/mol. The molecule has 1 N–H and O–H groups in total. The van der Waals surface area contributed by atoms with Gasteiger partial charge in [-0.15, -0.1) is 0 Å². The third-order valence-corrected chi connectivity index (χ3v) is 4.37. The van der Waals surface area contributed by atoms with Crippen molar-refractivity contribution in [2.24, 2.45) is 0 Å². The van der Waals surface area contributed by atoms with Crippen molar-refractivity contribution in [3.8, 4) is 0 Å². The second kappa shape index (κ2) is 8.33. The van der Waals surface area contributed by atoms with E-state index in [9.17, 15) is 18.0 Å². The van der Waals surface area contributed by atoms with Crippen LogP contribution in [-0.4, -0.2) is 43.7 Å². The molecule has 1 fully saturated rings. The fourth-order valence-electron chi connectivity index (χ4n) is 2.99. The molecule has 2 aromatic rings. The van der Waals surface area contributed by atoms with Crippen LogP contribution in [0.1, 0.15) is 22.0 Å². The van der Waals surface area contributed by atoms with Gasteiger partial charge in [0.2, 0.25) is 0 Å². The van der Waals surface area contributed by atoms with Crippen LogP contribution in [0.2, 0.25) is 0 Å². The molecule has 0 spiro atoms. The summed E-state index contributed by atoms with van der Waals surface area (Å²) in [4.78, 5) is 14.4. The molecular formula is C19H19F3N2O2. The lowest BCUT2D eigenvalue weighted by atomic mass is 10.0. The molecule has 0 aromatic heterocycles. The number of hydrogen-bond acceptors (Lipinski definition) is 3. The van der Waals surface area contributed by atoms with Crippen LogP contribution in [0.5, 0.6) is 0 Å². The first-order valence-electron chi connectivity index (χ1n) is 8.35. The molecule has 1 heterocycles. The monoisotopic (exact) mass is 364 g/mol. The summed E-state index contributed by atoms with van der Waals surface area (Å²) in [5, 5.41) is 2.69. The van der Waals surface area contributed by atoms with Crippen molar-refractivity contribution in [2.75, 3.05) is 32.8 Å². The molecule has 1 saturated heterocycles. The van der Waals surface area contributed by atoms with E-state index in [2.05, 4.69) is 10.2 Å². The summed E-state index contributed by atoms with van der Waals surface area (Å²) in [5.74, 6) is -2.61. The zero-order valence-corrected chi connectivity index (χ0v) is 14.1. The van der Waals surface area contributed by atoms with E-state index in [1.165, 1.54) is 12.1 Å². The summed E-state index contributed by atoms with van der Waals surface area (Å²) < 4.78 is 45.4. The number of nitrogens with zero attached hydrogens (tertiary/aromatic N) is 1. The van der Waals surface area contributed by atoms with Crippen molar-refractivity contribution >= 4 is 5.91 Å². The van der Waals surface area contributed by atoms with E-state index in [1.54, 1.807) is 12.1 Å². The van der Waals surface area contributed by atoms with Gasteiger partial charge in [-0.2, -0.15) is 0 Å². The van der Waals surface area contributed by atoms with E-state index in [-0.39, 0.29) is 24.0 Å². The fourth-order valence-corrected chi connectivity index (χ4v) is 2.99. The maximum Gasteiger partial charge on any atom is 0.254 e. The molecule has 3 rings (SSSR count). The Morgan fingerprint density at radius 1 is 1.04 bits per heavy atom. The minimum atomic E-state index is -0.910. The maximum atomic E-state index is 13.8. The Morgan fingerprint density at radius 2 is 1.69 bits per heavy atom. The lowest BCUT2D eigenvalue weighted by Gasteiger charge is -2.35. The lowest BCUT2D eigenvalue weighted by molar-refractivity contribution is 0.0162. The number of hydrogen-bond donors (Lipinski definition) is 1. The fraction of sp³-hybridized carbons (Fsp3) is 0.316. The molecule has 0 saturated carbocycles. The van der Waals surface area contributed by atoms with Gasteiger partial charge in [-0.25, -0.2) is 13.2 Å². The first-order chi connectivity index (χ1) is 12.5. The van der Waals surface area contributed by atoms with Crippen LogP contribution in [0.4, 0.5) is 13.2 Å². The lowest BCUT2D eigenvalue weighted by Crippen LogP contribution is -2.43. The van der Waals surface area contributed by atoms with E-state index in [0.717, 1.165) is 17.7 Å². The molecule has 1 aliphatic heterocycles. The van der Waals surface area contributed by atoms with Crippen molar-refractivity contribution in [3.63, 3.8) is 0 Å². The van der Waals surface area contributed by atoms with Gasteiger partial charge >= 0.3 is 0 Å².